The van der Waals surface area contributed by atoms with Crippen molar-refractivity contribution >= 4 is 0 Å². The number of nitrogens with one attached hydrogen (secondary N) is 1. The third-order valence-corrected chi connectivity index (χ3v) is 2.98. The summed E-state index contributed by atoms with van der Waals surface area (Å²) >= 11 is 0. The molecule has 0 saturated heterocycles. The first-order valence-electron chi connectivity index (χ1n) is 5.94. The Labute approximate surface area is 102 Å². The van der Waals surface area contributed by atoms with E-state index in [9.17, 15) is 0 Å². The molecule has 2 aromatic rings. The highest BCUT2D eigenvalue weighted by Gasteiger charge is 2.10. The van der Waals surface area contributed by atoms with Gasteiger partial charge in [-0.05, 0) is 37.6 Å². The van der Waals surface area contributed by atoms with Gasteiger partial charge in [-0.3, -0.25) is 0 Å². The molecular formula is C14H18N2O. The van der Waals surface area contributed by atoms with Gasteiger partial charge in [0.25, 0.3) is 0 Å². The molecule has 0 amide bonds. The number of aryl methyl sites for hydroxylation is 2. The van der Waals surface area contributed by atoms with Crippen LogP contribution in [0.25, 0.3) is 11.3 Å². The first kappa shape index (κ1) is 11.9. The molecule has 1 aromatic carbocycles. The molecule has 0 saturated carbocycles. The smallest absolute Gasteiger partial charge is 0.171 e. The third kappa shape index (κ3) is 2.56. The topological polar surface area (TPSA) is 38.1 Å². The van der Waals surface area contributed by atoms with E-state index in [-0.39, 0.29) is 0 Å². The van der Waals surface area contributed by atoms with Crippen LogP contribution in [0.5, 0.6) is 0 Å². The molecule has 0 unspecified atom stereocenters. The fraction of sp³-hybridized carbons (Fsp3) is 0.357. The predicted octanol–water partition coefficient (Wildman–Crippen LogP) is 3.07. The van der Waals surface area contributed by atoms with Crippen LogP contribution in [-0.2, 0) is 6.54 Å². The van der Waals surface area contributed by atoms with Gasteiger partial charge in [-0.15, -0.1) is 0 Å². The predicted molar refractivity (Wildman–Crippen MR) is 68.8 cm³/mol. The molecule has 0 atom stereocenters. The first-order chi connectivity index (χ1) is 8.22. The van der Waals surface area contributed by atoms with E-state index >= 15 is 0 Å². The van der Waals surface area contributed by atoms with Crippen LogP contribution in [0.3, 0.4) is 0 Å². The molecule has 3 heteroatoms. The van der Waals surface area contributed by atoms with Crippen LogP contribution in [0.2, 0.25) is 0 Å². The van der Waals surface area contributed by atoms with Gasteiger partial charge in [-0.1, -0.05) is 24.2 Å². The fourth-order valence-electron chi connectivity index (χ4n) is 1.77. The lowest BCUT2D eigenvalue weighted by Crippen LogP contribution is -2.11. The van der Waals surface area contributed by atoms with Crippen LogP contribution in [-0.4, -0.2) is 11.7 Å². The standard InChI is InChI=1S/C14H18N2O/c1-4-15-8-13-9-16-17-14(13)12-6-5-10(2)11(3)7-12/h5-7,9,15H,4,8H2,1-3H3. The summed E-state index contributed by atoms with van der Waals surface area (Å²) in [6, 6.07) is 6.34. The molecule has 1 N–H and O–H groups in total. The second-order valence-electron chi connectivity index (χ2n) is 4.26. The highest BCUT2D eigenvalue weighted by molar-refractivity contribution is 5.62. The third-order valence-electron chi connectivity index (χ3n) is 2.98. The van der Waals surface area contributed by atoms with Crippen LogP contribution in [0.15, 0.2) is 28.9 Å². The Morgan fingerprint density at radius 2 is 2.06 bits per heavy atom. The van der Waals surface area contributed by atoms with Crippen molar-refractivity contribution in [3.63, 3.8) is 0 Å². The zero-order valence-electron chi connectivity index (χ0n) is 10.6. The van der Waals surface area contributed by atoms with Crippen LogP contribution >= 0.6 is 0 Å². The molecule has 3 nitrogen and oxygen atoms in total. The summed E-state index contributed by atoms with van der Waals surface area (Å²) in [5, 5.41) is 7.18. The minimum atomic E-state index is 0.794. The number of rotatable bonds is 4. The Kier molecular flexibility index (Phi) is 3.59. The van der Waals surface area contributed by atoms with Crippen molar-refractivity contribution in [1.29, 1.82) is 0 Å². The quantitative estimate of drug-likeness (QED) is 0.877. The van der Waals surface area contributed by atoms with Crippen LogP contribution < -0.4 is 5.32 Å². The van der Waals surface area contributed by atoms with Crippen LogP contribution in [0, 0.1) is 13.8 Å². The number of nitrogens with zero attached hydrogens (tertiary/aromatic N) is 1. The van der Waals surface area contributed by atoms with Gasteiger partial charge in [0.15, 0.2) is 5.76 Å². The van der Waals surface area contributed by atoms with Crippen molar-refractivity contribution in [3.05, 3.63) is 41.1 Å². The second kappa shape index (κ2) is 5.15. The lowest BCUT2D eigenvalue weighted by molar-refractivity contribution is 0.431. The lowest BCUT2D eigenvalue weighted by atomic mass is 10.0. The Morgan fingerprint density at radius 1 is 1.24 bits per heavy atom. The molecule has 0 spiro atoms. The van der Waals surface area contributed by atoms with E-state index < -0.39 is 0 Å². The van der Waals surface area contributed by atoms with Gasteiger partial charge in [0, 0.05) is 17.7 Å². The highest BCUT2D eigenvalue weighted by atomic mass is 16.5. The van der Waals surface area contributed by atoms with Crippen molar-refractivity contribution in [2.45, 2.75) is 27.3 Å². The average molecular weight is 230 g/mol. The number of aromatic nitrogens is 1. The molecule has 0 aliphatic carbocycles. The summed E-state index contributed by atoms with van der Waals surface area (Å²) < 4.78 is 5.35. The minimum Gasteiger partial charge on any atom is -0.356 e. The maximum atomic E-state index is 5.35. The molecule has 1 aromatic heterocycles. The molecule has 0 aliphatic heterocycles. The van der Waals surface area contributed by atoms with Crippen molar-refractivity contribution in [2.24, 2.45) is 0 Å². The lowest BCUT2D eigenvalue weighted by Gasteiger charge is -2.05. The maximum Gasteiger partial charge on any atom is 0.171 e. The van der Waals surface area contributed by atoms with Gasteiger partial charge in [0.05, 0.1) is 6.20 Å². The molecule has 0 aliphatic rings. The maximum absolute atomic E-state index is 5.35. The Morgan fingerprint density at radius 3 is 2.76 bits per heavy atom. The van der Waals surface area contributed by atoms with Gasteiger partial charge in [0.1, 0.15) is 0 Å². The Balaban J connectivity index is 2.32. The minimum absolute atomic E-state index is 0.794. The summed E-state index contributed by atoms with van der Waals surface area (Å²) in [6.07, 6.45) is 1.78. The molecule has 90 valence electrons. The van der Waals surface area contributed by atoms with E-state index in [1.165, 1.54) is 11.1 Å². The van der Waals surface area contributed by atoms with E-state index in [1.807, 2.05) is 0 Å². The van der Waals surface area contributed by atoms with Crippen molar-refractivity contribution in [2.75, 3.05) is 6.54 Å². The van der Waals surface area contributed by atoms with Crippen LogP contribution in [0.1, 0.15) is 23.6 Å². The van der Waals surface area contributed by atoms with E-state index in [1.54, 1.807) is 6.20 Å². The number of benzene rings is 1. The van der Waals surface area contributed by atoms with E-state index in [0.29, 0.717) is 0 Å². The fourth-order valence-corrected chi connectivity index (χ4v) is 1.77. The summed E-state index contributed by atoms with van der Waals surface area (Å²) in [7, 11) is 0. The monoisotopic (exact) mass is 230 g/mol. The molecule has 0 fully saturated rings. The number of hydrogen-bond acceptors (Lipinski definition) is 3. The zero-order chi connectivity index (χ0) is 12.3. The molecule has 17 heavy (non-hydrogen) atoms. The Bertz CT molecular complexity index is 503. The molecule has 1 heterocycles. The molecule has 0 radical (unpaired) electrons. The first-order valence-corrected chi connectivity index (χ1v) is 5.94. The van der Waals surface area contributed by atoms with Gasteiger partial charge >= 0.3 is 0 Å². The largest absolute Gasteiger partial charge is 0.356 e. The molecular weight excluding hydrogens is 212 g/mol. The number of hydrogen-bond donors (Lipinski definition) is 1. The molecule has 0 bridgehead atoms. The van der Waals surface area contributed by atoms with Crippen LogP contribution in [0.4, 0.5) is 0 Å². The summed E-state index contributed by atoms with van der Waals surface area (Å²) in [6.45, 7) is 8.04. The van der Waals surface area contributed by atoms with E-state index in [4.69, 9.17) is 4.52 Å². The van der Waals surface area contributed by atoms with Gasteiger partial charge < -0.3 is 9.84 Å². The van der Waals surface area contributed by atoms with E-state index in [2.05, 4.69) is 49.4 Å². The van der Waals surface area contributed by atoms with Crippen molar-refractivity contribution in [3.8, 4) is 11.3 Å². The average Bonchev–Trinajstić information content (AvgIpc) is 2.78. The summed E-state index contributed by atoms with van der Waals surface area (Å²) in [5.74, 6) is 0.869. The normalized spacial score (nSPS) is 10.8. The van der Waals surface area contributed by atoms with Gasteiger partial charge in [-0.25, -0.2) is 0 Å². The molecule has 2 rings (SSSR count). The summed E-state index contributed by atoms with van der Waals surface area (Å²) in [4.78, 5) is 0. The highest BCUT2D eigenvalue weighted by Crippen LogP contribution is 2.25. The van der Waals surface area contributed by atoms with Gasteiger partial charge in [0.2, 0.25) is 0 Å². The zero-order valence-corrected chi connectivity index (χ0v) is 10.6. The van der Waals surface area contributed by atoms with Crippen molar-refractivity contribution in [1.82, 2.24) is 10.5 Å². The SMILES string of the molecule is CCNCc1cnoc1-c1ccc(C)c(C)c1. The second-order valence-corrected chi connectivity index (χ2v) is 4.26. The van der Waals surface area contributed by atoms with E-state index in [0.717, 1.165) is 30.0 Å². The Hall–Kier alpha value is -1.61. The van der Waals surface area contributed by atoms with Crippen molar-refractivity contribution < 1.29 is 4.52 Å². The summed E-state index contributed by atoms with van der Waals surface area (Å²) in [5.41, 5.74) is 4.77. The van der Waals surface area contributed by atoms with Gasteiger partial charge in [-0.2, -0.15) is 0 Å².